The van der Waals surface area contributed by atoms with Crippen molar-refractivity contribution in [3.63, 3.8) is 0 Å². The number of rotatable bonds is 1. The first-order chi connectivity index (χ1) is 4.47. The molecule has 52 valence electrons. The second-order valence-corrected chi connectivity index (χ2v) is 2.82. The Bertz CT molecular complexity index is 93.1. The maximum atomic E-state index is 5.48. The summed E-state index contributed by atoms with van der Waals surface area (Å²) in [5.74, 6) is 0.838. The molecule has 0 bridgehead atoms. The van der Waals surface area contributed by atoms with Crippen LogP contribution in [0.15, 0.2) is 0 Å². The Morgan fingerprint density at radius 2 is 2.00 bits per heavy atom. The average molecular weight is 128 g/mol. The minimum absolute atomic E-state index is 0.443. The molecule has 1 aliphatic carbocycles. The van der Waals surface area contributed by atoms with Crippen molar-refractivity contribution in [2.75, 3.05) is 19.8 Å². The van der Waals surface area contributed by atoms with E-state index in [2.05, 4.69) is 0 Å². The van der Waals surface area contributed by atoms with Crippen molar-refractivity contribution in [2.24, 2.45) is 5.92 Å². The fraction of sp³-hybridized carbons (Fsp3) is 1.00. The third kappa shape index (κ3) is 1.25. The molecular weight excluding hydrogens is 116 g/mol. The average Bonchev–Trinajstić information content (AvgIpc) is 2.71. The summed E-state index contributed by atoms with van der Waals surface area (Å²) in [5.41, 5.74) is 0. The lowest BCUT2D eigenvalue weighted by molar-refractivity contribution is -0.0964. The zero-order chi connectivity index (χ0) is 6.10. The monoisotopic (exact) mass is 128 g/mol. The van der Waals surface area contributed by atoms with Gasteiger partial charge >= 0.3 is 0 Å². The SMILES string of the molecule is C1COC(C2CC2)CO1. The van der Waals surface area contributed by atoms with E-state index in [-0.39, 0.29) is 0 Å². The van der Waals surface area contributed by atoms with Crippen LogP contribution in [0.2, 0.25) is 0 Å². The minimum Gasteiger partial charge on any atom is -0.376 e. The molecule has 0 amide bonds. The summed E-state index contributed by atoms with van der Waals surface area (Å²) < 4.78 is 10.7. The summed E-state index contributed by atoms with van der Waals surface area (Å²) in [6.45, 7) is 2.44. The summed E-state index contributed by atoms with van der Waals surface area (Å²) in [6, 6.07) is 0. The molecule has 2 nitrogen and oxygen atoms in total. The lowest BCUT2D eigenvalue weighted by Crippen LogP contribution is -2.29. The van der Waals surface area contributed by atoms with Gasteiger partial charge in [-0.25, -0.2) is 0 Å². The Kier molecular flexibility index (Phi) is 1.44. The molecule has 1 heterocycles. The second kappa shape index (κ2) is 2.27. The molecule has 1 saturated carbocycles. The molecule has 2 aliphatic rings. The van der Waals surface area contributed by atoms with Crippen molar-refractivity contribution in [1.82, 2.24) is 0 Å². The standard InChI is InChI=1S/C7H12O2/c1-2-6(1)7-5-8-3-4-9-7/h6-7H,1-5H2. The van der Waals surface area contributed by atoms with E-state index in [1.165, 1.54) is 12.8 Å². The quantitative estimate of drug-likeness (QED) is 0.520. The van der Waals surface area contributed by atoms with Gasteiger partial charge in [0.1, 0.15) is 0 Å². The molecule has 1 unspecified atom stereocenters. The molecule has 2 rings (SSSR count). The highest BCUT2D eigenvalue weighted by atomic mass is 16.6. The van der Waals surface area contributed by atoms with Crippen LogP contribution < -0.4 is 0 Å². The topological polar surface area (TPSA) is 18.5 Å². The van der Waals surface area contributed by atoms with Crippen LogP contribution in [0.3, 0.4) is 0 Å². The Morgan fingerprint density at radius 1 is 1.11 bits per heavy atom. The molecule has 1 atom stereocenters. The van der Waals surface area contributed by atoms with E-state index in [4.69, 9.17) is 9.47 Å². The van der Waals surface area contributed by atoms with Crippen LogP contribution in [-0.4, -0.2) is 25.9 Å². The fourth-order valence-corrected chi connectivity index (χ4v) is 1.25. The smallest absolute Gasteiger partial charge is 0.0837 e. The van der Waals surface area contributed by atoms with Gasteiger partial charge in [0.2, 0.25) is 0 Å². The van der Waals surface area contributed by atoms with Crippen molar-refractivity contribution < 1.29 is 9.47 Å². The predicted octanol–water partition coefficient (Wildman–Crippen LogP) is 0.812. The molecule has 0 spiro atoms. The highest BCUT2D eigenvalue weighted by Crippen LogP contribution is 2.35. The Morgan fingerprint density at radius 3 is 2.56 bits per heavy atom. The molecule has 2 heteroatoms. The Balaban J connectivity index is 1.80. The Hall–Kier alpha value is -0.0800. The van der Waals surface area contributed by atoms with Crippen molar-refractivity contribution in [2.45, 2.75) is 18.9 Å². The van der Waals surface area contributed by atoms with Crippen molar-refractivity contribution >= 4 is 0 Å². The summed E-state index contributed by atoms with van der Waals surface area (Å²) in [5, 5.41) is 0. The maximum Gasteiger partial charge on any atom is 0.0837 e. The second-order valence-electron chi connectivity index (χ2n) is 2.82. The van der Waals surface area contributed by atoms with Gasteiger partial charge in [-0.2, -0.15) is 0 Å². The van der Waals surface area contributed by atoms with Crippen LogP contribution in [0.25, 0.3) is 0 Å². The van der Waals surface area contributed by atoms with Crippen molar-refractivity contribution in [1.29, 1.82) is 0 Å². The van der Waals surface area contributed by atoms with Crippen LogP contribution in [0, 0.1) is 5.92 Å². The van der Waals surface area contributed by atoms with Gasteiger partial charge < -0.3 is 9.47 Å². The van der Waals surface area contributed by atoms with Gasteiger partial charge in [0.05, 0.1) is 25.9 Å². The van der Waals surface area contributed by atoms with E-state index >= 15 is 0 Å². The van der Waals surface area contributed by atoms with Gasteiger partial charge in [-0.05, 0) is 18.8 Å². The molecule has 0 aromatic heterocycles. The van der Waals surface area contributed by atoms with Crippen LogP contribution in [0.1, 0.15) is 12.8 Å². The first-order valence-electron chi connectivity index (χ1n) is 3.66. The van der Waals surface area contributed by atoms with Gasteiger partial charge in [-0.3, -0.25) is 0 Å². The van der Waals surface area contributed by atoms with Gasteiger partial charge in [0.15, 0.2) is 0 Å². The molecule has 0 N–H and O–H groups in total. The van der Waals surface area contributed by atoms with E-state index in [1.807, 2.05) is 0 Å². The largest absolute Gasteiger partial charge is 0.376 e. The summed E-state index contributed by atoms with van der Waals surface area (Å²) in [6.07, 6.45) is 3.15. The summed E-state index contributed by atoms with van der Waals surface area (Å²) in [7, 11) is 0. The van der Waals surface area contributed by atoms with E-state index in [0.717, 1.165) is 25.7 Å². The van der Waals surface area contributed by atoms with E-state index in [9.17, 15) is 0 Å². The van der Waals surface area contributed by atoms with Crippen LogP contribution in [0.5, 0.6) is 0 Å². The van der Waals surface area contributed by atoms with Gasteiger partial charge in [-0.1, -0.05) is 0 Å². The maximum absolute atomic E-state index is 5.48. The lowest BCUT2D eigenvalue weighted by atomic mass is 10.2. The molecule has 1 aliphatic heterocycles. The predicted molar refractivity (Wildman–Crippen MR) is 33.3 cm³/mol. The molecular formula is C7H12O2. The minimum atomic E-state index is 0.443. The van der Waals surface area contributed by atoms with E-state index in [1.54, 1.807) is 0 Å². The first kappa shape index (κ1) is 5.69. The number of hydrogen-bond acceptors (Lipinski definition) is 2. The van der Waals surface area contributed by atoms with Gasteiger partial charge in [-0.15, -0.1) is 0 Å². The Labute approximate surface area is 55.1 Å². The number of hydrogen-bond donors (Lipinski definition) is 0. The highest BCUT2D eigenvalue weighted by molar-refractivity contribution is 4.82. The summed E-state index contributed by atoms with van der Waals surface area (Å²) in [4.78, 5) is 0. The molecule has 0 radical (unpaired) electrons. The third-order valence-electron chi connectivity index (χ3n) is 1.99. The van der Waals surface area contributed by atoms with Crippen LogP contribution >= 0.6 is 0 Å². The molecule has 0 aromatic carbocycles. The van der Waals surface area contributed by atoms with Gasteiger partial charge in [0, 0.05) is 0 Å². The van der Waals surface area contributed by atoms with Crippen molar-refractivity contribution in [3.8, 4) is 0 Å². The van der Waals surface area contributed by atoms with Crippen molar-refractivity contribution in [3.05, 3.63) is 0 Å². The highest BCUT2D eigenvalue weighted by Gasteiger charge is 2.33. The first-order valence-corrected chi connectivity index (χ1v) is 3.66. The van der Waals surface area contributed by atoms with Gasteiger partial charge in [0.25, 0.3) is 0 Å². The zero-order valence-corrected chi connectivity index (χ0v) is 5.51. The third-order valence-corrected chi connectivity index (χ3v) is 1.99. The molecule has 9 heavy (non-hydrogen) atoms. The zero-order valence-electron chi connectivity index (χ0n) is 5.51. The molecule has 2 fully saturated rings. The fourth-order valence-electron chi connectivity index (χ4n) is 1.25. The molecule has 0 aromatic rings. The normalized spacial score (nSPS) is 36.7. The van der Waals surface area contributed by atoms with E-state index < -0.39 is 0 Å². The summed E-state index contributed by atoms with van der Waals surface area (Å²) >= 11 is 0. The van der Waals surface area contributed by atoms with Crippen LogP contribution in [-0.2, 0) is 9.47 Å². The number of ether oxygens (including phenoxy) is 2. The van der Waals surface area contributed by atoms with E-state index in [0.29, 0.717) is 6.10 Å². The molecule has 1 saturated heterocycles. The lowest BCUT2D eigenvalue weighted by Gasteiger charge is -2.22. The van der Waals surface area contributed by atoms with Crippen LogP contribution in [0.4, 0.5) is 0 Å².